The van der Waals surface area contributed by atoms with E-state index in [-0.39, 0.29) is 77.9 Å². The normalized spacial score (nSPS) is 21.0. The van der Waals surface area contributed by atoms with Crippen LogP contribution in [-0.4, -0.2) is 57.1 Å². The van der Waals surface area contributed by atoms with E-state index in [2.05, 4.69) is 106 Å². The van der Waals surface area contributed by atoms with Gasteiger partial charge in [-0.15, -0.1) is 0 Å². The van der Waals surface area contributed by atoms with Crippen molar-refractivity contribution in [1.82, 2.24) is 0 Å². The molecule has 0 bridgehead atoms. The molecule has 0 saturated heterocycles. The van der Waals surface area contributed by atoms with Crippen molar-refractivity contribution in [2.45, 2.75) is 182 Å². The van der Waals surface area contributed by atoms with Gasteiger partial charge in [0.25, 0.3) is 0 Å². The molecule has 2 aliphatic rings. The van der Waals surface area contributed by atoms with Crippen LogP contribution in [0.3, 0.4) is 0 Å². The van der Waals surface area contributed by atoms with Crippen LogP contribution in [-0.2, 0) is 77.9 Å². The molecule has 4 nitrogen and oxygen atoms in total. The van der Waals surface area contributed by atoms with Crippen molar-refractivity contribution in [2.24, 2.45) is 0 Å². The average molecular weight is 891 g/mol. The van der Waals surface area contributed by atoms with Gasteiger partial charge in [0.05, 0.1) is 0 Å². The van der Waals surface area contributed by atoms with E-state index >= 15 is 0 Å². The molecule has 0 aromatic rings. The molecule has 2 aliphatic carbocycles. The summed E-state index contributed by atoms with van der Waals surface area (Å²) in [6.07, 6.45) is 10.6. The van der Waals surface area contributed by atoms with E-state index in [1.807, 2.05) is 0 Å². The fourth-order valence-corrected chi connectivity index (χ4v) is 9.96. The van der Waals surface area contributed by atoms with E-state index in [1.165, 1.54) is 51.4 Å². The first-order valence-corrected chi connectivity index (χ1v) is 29.8. The van der Waals surface area contributed by atoms with Crippen LogP contribution in [0, 0.1) is 27.7 Å². The van der Waals surface area contributed by atoms with Crippen LogP contribution in [0.25, 0.3) is 19.9 Å². The molecule has 0 spiro atoms. The van der Waals surface area contributed by atoms with Gasteiger partial charge in [-0.2, -0.15) is 51.9 Å². The third-order valence-electron chi connectivity index (χ3n) is 5.60. The summed E-state index contributed by atoms with van der Waals surface area (Å²) in [5.41, 5.74) is 0. The second kappa shape index (κ2) is 36.0. The molecular formula is C32H76N4Si4Zn4. The molecule has 0 N–H and O–H groups in total. The Hall–Kier alpha value is 3.20. The second-order valence-corrected chi connectivity index (χ2v) is 32.4. The predicted molar refractivity (Wildman–Crippen MR) is 203 cm³/mol. The van der Waals surface area contributed by atoms with Crippen molar-refractivity contribution in [3.8, 4) is 0 Å². The fourth-order valence-electron chi connectivity index (χ4n) is 4.78. The van der Waals surface area contributed by atoms with Crippen LogP contribution >= 0.6 is 0 Å². The van der Waals surface area contributed by atoms with Crippen LogP contribution < -0.4 is 0 Å². The van der Waals surface area contributed by atoms with Gasteiger partial charge in [0, 0.05) is 0 Å². The first-order chi connectivity index (χ1) is 18.3. The van der Waals surface area contributed by atoms with Gasteiger partial charge in [0.15, 0.2) is 0 Å². The van der Waals surface area contributed by atoms with Crippen LogP contribution in [0.1, 0.15) is 79.1 Å². The molecule has 248 valence electrons. The minimum absolute atomic E-state index is 0. The first kappa shape index (κ1) is 65.6. The van der Waals surface area contributed by atoms with Crippen molar-refractivity contribution in [1.29, 1.82) is 0 Å². The minimum Gasteiger partial charge on any atom is -0.663 e. The van der Waals surface area contributed by atoms with E-state index < -0.39 is 32.9 Å². The smallest absolute Gasteiger partial charge is 0.663 e. The quantitative estimate of drug-likeness (QED) is 0.172. The standard InChI is InChI=1S/2C12H28N2Si2.4C2H5.4Zn/c2*1-15(2,3)13-11-9-7-8-10-12(11)14-16(4,5)6;4*1-2;;;;/h2*11-12H,7-10H2,1-6H3;4*1H2,2H3;;;;/q2*-2;4*-1;4*+2/t2*11-,12-;;;;;;;;/m11......../s1. The van der Waals surface area contributed by atoms with Gasteiger partial charge in [-0.3, -0.25) is 0 Å². The fraction of sp³-hybridized carbons (Fsp3) is 0.875. The maximum Gasteiger partial charge on any atom is 2.00 e. The molecule has 0 aromatic heterocycles. The zero-order valence-electron chi connectivity index (χ0n) is 33.4. The van der Waals surface area contributed by atoms with Crippen molar-refractivity contribution in [2.75, 3.05) is 0 Å². The zero-order valence-corrected chi connectivity index (χ0v) is 49.3. The molecular weight excluding hydrogens is 814 g/mol. The largest absolute Gasteiger partial charge is 2.00 e. The van der Waals surface area contributed by atoms with Gasteiger partial charge in [-0.1, -0.05) is 163 Å². The van der Waals surface area contributed by atoms with E-state index in [4.69, 9.17) is 19.9 Å². The maximum atomic E-state index is 5.10. The van der Waals surface area contributed by atoms with Gasteiger partial charge in [0.1, 0.15) is 0 Å². The van der Waals surface area contributed by atoms with Crippen LogP contribution in [0.5, 0.6) is 0 Å². The van der Waals surface area contributed by atoms with Crippen LogP contribution in [0.4, 0.5) is 0 Å². The summed E-state index contributed by atoms with van der Waals surface area (Å²) in [6.45, 7) is 48.1. The Balaban J connectivity index is -0.0000000743. The Bertz CT molecular complexity index is 458. The molecule has 0 aromatic carbocycles. The third-order valence-corrected chi connectivity index (χ3v) is 10.0. The Morgan fingerprint density at radius 3 is 0.523 bits per heavy atom. The number of rotatable bonds is 8. The molecule has 2 rings (SSSR count). The first-order valence-electron chi connectivity index (χ1n) is 16.1. The zero-order chi connectivity index (χ0) is 32.8. The van der Waals surface area contributed by atoms with E-state index in [0.29, 0.717) is 24.2 Å². The van der Waals surface area contributed by atoms with E-state index in [0.717, 1.165) is 0 Å². The summed E-state index contributed by atoms with van der Waals surface area (Å²) in [7, 11) is -5.13. The molecule has 4 atom stereocenters. The molecule has 2 fully saturated rings. The van der Waals surface area contributed by atoms with E-state index in [1.54, 1.807) is 27.7 Å². The monoisotopic (exact) mass is 884 g/mol. The van der Waals surface area contributed by atoms with E-state index in [9.17, 15) is 0 Å². The Labute approximate surface area is 337 Å². The molecule has 0 unspecified atom stereocenters. The van der Waals surface area contributed by atoms with Gasteiger partial charge in [0.2, 0.25) is 0 Å². The number of hydrogen-bond acceptors (Lipinski definition) is 0. The summed E-state index contributed by atoms with van der Waals surface area (Å²) in [4.78, 5) is 20.4. The van der Waals surface area contributed by atoms with Crippen molar-refractivity contribution in [3.63, 3.8) is 0 Å². The van der Waals surface area contributed by atoms with Gasteiger partial charge in [-0.25, -0.2) is 0 Å². The molecule has 2 saturated carbocycles. The average Bonchev–Trinajstić information content (AvgIpc) is 2.84. The Morgan fingerprint density at radius 1 is 0.318 bits per heavy atom. The predicted octanol–water partition coefficient (Wildman–Crippen LogP) is 12.8. The van der Waals surface area contributed by atoms with Gasteiger partial charge < -0.3 is 47.6 Å². The topological polar surface area (TPSA) is 56.4 Å². The van der Waals surface area contributed by atoms with Crippen molar-refractivity contribution < 1.29 is 77.9 Å². The molecule has 0 heterocycles. The summed E-state index contributed by atoms with van der Waals surface area (Å²) in [6, 6.07) is 2.19. The van der Waals surface area contributed by atoms with Gasteiger partial charge >= 0.3 is 77.9 Å². The van der Waals surface area contributed by atoms with Crippen LogP contribution in [0.15, 0.2) is 0 Å². The molecule has 0 radical (unpaired) electrons. The summed E-state index contributed by atoms with van der Waals surface area (Å²) in [5.74, 6) is 0. The summed E-state index contributed by atoms with van der Waals surface area (Å²) in [5, 5.41) is 0. The van der Waals surface area contributed by atoms with Crippen molar-refractivity contribution >= 4 is 32.9 Å². The minimum atomic E-state index is -1.28. The Morgan fingerprint density at radius 2 is 0.432 bits per heavy atom. The third kappa shape index (κ3) is 43.2. The summed E-state index contributed by atoms with van der Waals surface area (Å²) < 4.78 is 0. The molecule has 0 aliphatic heterocycles. The van der Waals surface area contributed by atoms with Crippen LogP contribution in [0.2, 0.25) is 78.6 Å². The van der Waals surface area contributed by atoms with Crippen molar-refractivity contribution in [3.05, 3.63) is 47.6 Å². The van der Waals surface area contributed by atoms with Gasteiger partial charge in [-0.05, 0) is 0 Å². The maximum absolute atomic E-state index is 5.10. The SMILES string of the molecule is C[Si](C)(C)[N-][C@@H]1CCCC[C@H]1[N-][Si](C)(C)C.C[Si](C)(C)[N-][C@@H]1CCCC[C@H]1[N-][Si](C)(C)C.[CH2-]C.[CH2-]C.[CH2-]C.[CH2-]C.[Zn+2].[Zn+2].[Zn+2].[Zn+2]. The second-order valence-electron chi connectivity index (χ2n) is 14.0. The number of hydrogen-bond donors (Lipinski definition) is 0. The molecule has 44 heavy (non-hydrogen) atoms. The Kier molecular flexibility index (Phi) is 53.7. The molecule has 12 heteroatoms. The summed E-state index contributed by atoms with van der Waals surface area (Å²) >= 11 is 0. The molecule has 0 amide bonds. The number of nitrogens with zero attached hydrogens (tertiary/aromatic N) is 4.